The van der Waals surface area contributed by atoms with Gasteiger partial charge in [-0.3, -0.25) is 0 Å². The zero-order valence-electron chi connectivity index (χ0n) is 12.9. The molecule has 5 heteroatoms. The molecule has 0 aromatic heterocycles. The molecule has 0 unspecified atom stereocenters. The first kappa shape index (κ1) is 15.8. The first-order valence-electron chi connectivity index (χ1n) is 6.89. The summed E-state index contributed by atoms with van der Waals surface area (Å²) < 4.78 is 15.4. The lowest BCUT2D eigenvalue weighted by Gasteiger charge is -2.14. The van der Waals surface area contributed by atoms with Crippen molar-refractivity contribution >= 4 is 0 Å². The van der Waals surface area contributed by atoms with Crippen molar-refractivity contribution in [3.05, 3.63) is 41.5 Å². The Kier molecular flexibility index (Phi) is 4.99. The van der Waals surface area contributed by atoms with Crippen LogP contribution in [0, 0.1) is 0 Å². The van der Waals surface area contributed by atoms with E-state index < -0.39 is 0 Å². The highest BCUT2D eigenvalue weighted by Gasteiger charge is 2.18. The lowest BCUT2D eigenvalue weighted by atomic mass is 10.0. The molecule has 0 fully saturated rings. The van der Waals surface area contributed by atoms with E-state index in [4.69, 9.17) is 14.2 Å². The molecule has 22 heavy (non-hydrogen) atoms. The summed E-state index contributed by atoms with van der Waals surface area (Å²) in [5.41, 5.74) is 1.67. The number of rotatable bonds is 6. The Morgan fingerprint density at radius 3 is 2.27 bits per heavy atom. The molecule has 0 radical (unpaired) electrons. The highest BCUT2D eigenvalue weighted by Crippen LogP contribution is 2.45. The van der Waals surface area contributed by atoms with Gasteiger partial charge < -0.3 is 24.4 Å². The minimum Gasteiger partial charge on any atom is -0.504 e. The molecule has 0 saturated carbocycles. The summed E-state index contributed by atoms with van der Waals surface area (Å²) in [5, 5.41) is 20.1. The van der Waals surface area contributed by atoms with Crippen LogP contribution >= 0.6 is 0 Å². The SMILES string of the molecule is COc1cccc(CCc2cc(OC)c(OC)c(O)c2O)c1. The van der Waals surface area contributed by atoms with Crippen LogP contribution in [0.3, 0.4) is 0 Å². The largest absolute Gasteiger partial charge is 0.504 e. The van der Waals surface area contributed by atoms with Gasteiger partial charge in [0.25, 0.3) is 0 Å². The third-order valence-electron chi connectivity index (χ3n) is 3.51. The van der Waals surface area contributed by atoms with Crippen LogP contribution < -0.4 is 14.2 Å². The number of hydrogen-bond donors (Lipinski definition) is 2. The van der Waals surface area contributed by atoms with Crippen LogP contribution in [0.2, 0.25) is 0 Å². The molecule has 2 N–H and O–H groups in total. The van der Waals surface area contributed by atoms with E-state index in [1.54, 1.807) is 13.2 Å². The maximum atomic E-state index is 10.1. The Balaban J connectivity index is 2.24. The van der Waals surface area contributed by atoms with Crippen LogP contribution in [-0.2, 0) is 12.8 Å². The number of ether oxygens (including phenoxy) is 3. The van der Waals surface area contributed by atoms with Crippen molar-refractivity contribution in [3.63, 3.8) is 0 Å². The summed E-state index contributed by atoms with van der Waals surface area (Å²) >= 11 is 0. The molecule has 2 rings (SSSR count). The summed E-state index contributed by atoms with van der Waals surface area (Å²) in [6.07, 6.45) is 1.24. The maximum absolute atomic E-state index is 10.1. The van der Waals surface area contributed by atoms with E-state index in [9.17, 15) is 10.2 Å². The standard InChI is InChI=1S/C17H20O5/c1-20-13-6-4-5-11(9-13)7-8-12-10-14(21-2)17(22-3)16(19)15(12)18/h4-6,9-10,18-19H,7-8H2,1-3H3. The van der Waals surface area contributed by atoms with E-state index in [0.717, 1.165) is 11.3 Å². The van der Waals surface area contributed by atoms with Crippen LogP contribution in [-0.4, -0.2) is 31.5 Å². The Bertz CT molecular complexity index is 652. The Labute approximate surface area is 129 Å². The van der Waals surface area contributed by atoms with Gasteiger partial charge in [0.15, 0.2) is 11.5 Å². The molecule has 0 heterocycles. The molecule has 118 valence electrons. The van der Waals surface area contributed by atoms with Crippen molar-refractivity contribution in [2.75, 3.05) is 21.3 Å². The predicted molar refractivity (Wildman–Crippen MR) is 83.3 cm³/mol. The highest BCUT2D eigenvalue weighted by molar-refractivity contribution is 5.61. The first-order chi connectivity index (χ1) is 10.6. The van der Waals surface area contributed by atoms with Crippen molar-refractivity contribution in [2.24, 2.45) is 0 Å². The summed E-state index contributed by atoms with van der Waals surface area (Å²) in [7, 11) is 4.52. The normalized spacial score (nSPS) is 10.3. The van der Waals surface area contributed by atoms with Gasteiger partial charge in [-0.25, -0.2) is 0 Å². The number of phenolic OH excluding ortho intramolecular Hbond substituents is 2. The smallest absolute Gasteiger partial charge is 0.207 e. The van der Waals surface area contributed by atoms with Gasteiger partial charge in [-0.15, -0.1) is 0 Å². The van der Waals surface area contributed by atoms with Gasteiger partial charge in [0.1, 0.15) is 5.75 Å². The topological polar surface area (TPSA) is 68.2 Å². The van der Waals surface area contributed by atoms with Crippen molar-refractivity contribution in [1.29, 1.82) is 0 Å². The van der Waals surface area contributed by atoms with Crippen LogP contribution in [0.4, 0.5) is 0 Å². The lowest BCUT2D eigenvalue weighted by molar-refractivity contribution is 0.319. The van der Waals surface area contributed by atoms with Crippen molar-refractivity contribution in [1.82, 2.24) is 0 Å². The molecule has 0 atom stereocenters. The fourth-order valence-corrected chi connectivity index (χ4v) is 2.31. The Morgan fingerprint density at radius 2 is 1.64 bits per heavy atom. The minimum absolute atomic E-state index is 0.130. The molecule has 0 amide bonds. The monoisotopic (exact) mass is 304 g/mol. The average molecular weight is 304 g/mol. The summed E-state index contributed by atoms with van der Waals surface area (Å²) in [4.78, 5) is 0. The third-order valence-corrected chi connectivity index (χ3v) is 3.51. The molecule has 0 spiro atoms. The zero-order chi connectivity index (χ0) is 16.1. The van der Waals surface area contributed by atoms with Gasteiger partial charge in [-0.05, 0) is 36.6 Å². The number of benzene rings is 2. The summed E-state index contributed by atoms with van der Waals surface area (Å²) in [5.74, 6) is 0.823. The van der Waals surface area contributed by atoms with Gasteiger partial charge in [-0.2, -0.15) is 0 Å². The van der Waals surface area contributed by atoms with E-state index in [-0.39, 0.29) is 17.2 Å². The number of methoxy groups -OCH3 is 3. The second-order valence-corrected chi connectivity index (χ2v) is 4.82. The molecule has 0 bridgehead atoms. The number of hydrogen-bond acceptors (Lipinski definition) is 5. The molecule has 0 aliphatic rings. The summed E-state index contributed by atoms with van der Waals surface area (Å²) in [6.45, 7) is 0. The van der Waals surface area contributed by atoms with Crippen LogP contribution in [0.1, 0.15) is 11.1 Å². The van der Waals surface area contributed by atoms with Crippen LogP contribution in [0.15, 0.2) is 30.3 Å². The van der Waals surface area contributed by atoms with Crippen LogP contribution in [0.5, 0.6) is 28.7 Å². The minimum atomic E-state index is -0.303. The molecular weight excluding hydrogens is 284 g/mol. The fourth-order valence-electron chi connectivity index (χ4n) is 2.31. The number of aromatic hydroxyl groups is 2. The second kappa shape index (κ2) is 6.93. The average Bonchev–Trinajstić information content (AvgIpc) is 2.56. The molecule has 0 aliphatic carbocycles. The van der Waals surface area contributed by atoms with Gasteiger partial charge in [0, 0.05) is 5.56 Å². The van der Waals surface area contributed by atoms with E-state index >= 15 is 0 Å². The molecular formula is C17H20O5. The van der Waals surface area contributed by atoms with Crippen molar-refractivity contribution < 1.29 is 24.4 Å². The van der Waals surface area contributed by atoms with E-state index in [1.165, 1.54) is 14.2 Å². The molecule has 2 aromatic carbocycles. The quantitative estimate of drug-likeness (QED) is 0.803. The highest BCUT2D eigenvalue weighted by atomic mass is 16.5. The number of phenols is 2. The van der Waals surface area contributed by atoms with Gasteiger partial charge in [0.05, 0.1) is 21.3 Å². The van der Waals surface area contributed by atoms with Gasteiger partial charge in [0.2, 0.25) is 11.5 Å². The predicted octanol–water partition coefficient (Wildman–Crippen LogP) is 2.91. The number of aryl methyl sites for hydroxylation is 2. The van der Waals surface area contributed by atoms with Crippen LogP contribution in [0.25, 0.3) is 0 Å². The molecule has 5 nitrogen and oxygen atoms in total. The molecule has 2 aromatic rings. The van der Waals surface area contributed by atoms with Gasteiger partial charge >= 0.3 is 0 Å². The van der Waals surface area contributed by atoms with Crippen molar-refractivity contribution in [2.45, 2.75) is 12.8 Å². The Morgan fingerprint density at radius 1 is 0.864 bits per heavy atom. The molecule has 0 aliphatic heterocycles. The van der Waals surface area contributed by atoms with E-state index in [1.807, 2.05) is 24.3 Å². The molecule has 0 saturated heterocycles. The van der Waals surface area contributed by atoms with Gasteiger partial charge in [-0.1, -0.05) is 12.1 Å². The second-order valence-electron chi connectivity index (χ2n) is 4.82. The third kappa shape index (κ3) is 3.19. The first-order valence-corrected chi connectivity index (χ1v) is 6.89. The van der Waals surface area contributed by atoms with E-state index in [0.29, 0.717) is 24.2 Å². The Hall–Kier alpha value is -2.56. The summed E-state index contributed by atoms with van der Waals surface area (Å²) in [6, 6.07) is 9.40. The lowest BCUT2D eigenvalue weighted by Crippen LogP contribution is -1.97. The van der Waals surface area contributed by atoms with E-state index in [2.05, 4.69) is 0 Å². The maximum Gasteiger partial charge on any atom is 0.207 e. The van der Waals surface area contributed by atoms with Crippen molar-refractivity contribution in [3.8, 4) is 28.7 Å². The fraction of sp³-hybridized carbons (Fsp3) is 0.294. The zero-order valence-corrected chi connectivity index (χ0v) is 12.9.